The van der Waals surface area contributed by atoms with E-state index in [-0.39, 0.29) is 6.54 Å². The van der Waals surface area contributed by atoms with Gasteiger partial charge in [0.25, 0.3) is 5.91 Å². The van der Waals surface area contributed by atoms with Crippen molar-refractivity contribution in [3.63, 3.8) is 0 Å². The molecule has 2 amide bonds. The summed E-state index contributed by atoms with van der Waals surface area (Å²) in [6.07, 6.45) is -0.417. The Morgan fingerprint density at radius 3 is 2.85 bits per heavy atom. The molecule has 106 valence electrons. The van der Waals surface area contributed by atoms with Crippen LogP contribution in [0.1, 0.15) is 16.8 Å². The van der Waals surface area contributed by atoms with Gasteiger partial charge in [-0.3, -0.25) is 14.4 Å². The van der Waals surface area contributed by atoms with Gasteiger partial charge in [0.2, 0.25) is 5.91 Å². The van der Waals surface area contributed by atoms with Crippen LogP contribution >= 0.6 is 0 Å². The van der Waals surface area contributed by atoms with Gasteiger partial charge in [0.1, 0.15) is 6.04 Å². The Morgan fingerprint density at radius 2 is 2.20 bits per heavy atom. The maximum absolute atomic E-state index is 12.4. The lowest BCUT2D eigenvalue weighted by Gasteiger charge is -2.34. The number of nitrogens with zero attached hydrogens (tertiary/aromatic N) is 1. The Kier molecular flexibility index (Phi) is 3.88. The molecule has 1 aliphatic rings. The number of hydrogen-bond donors (Lipinski definition) is 3. The molecule has 0 bridgehead atoms. The molecule has 7 heteroatoms. The van der Waals surface area contributed by atoms with Crippen LogP contribution in [0.25, 0.3) is 0 Å². The van der Waals surface area contributed by atoms with Gasteiger partial charge in [-0.1, -0.05) is 6.07 Å². The third-order valence-electron chi connectivity index (χ3n) is 3.09. The monoisotopic (exact) mass is 277 g/mol. The highest BCUT2D eigenvalue weighted by Gasteiger charge is 2.35. The van der Waals surface area contributed by atoms with Crippen molar-refractivity contribution < 1.29 is 19.5 Å². The van der Waals surface area contributed by atoms with E-state index in [2.05, 4.69) is 5.32 Å². The van der Waals surface area contributed by atoms with Gasteiger partial charge in [0, 0.05) is 24.3 Å². The van der Waals surface area contributed by atoms with Gasteiger partial charge < -0.3 is 21.1 Å². The second-order valence-electron chi connectivity index (χ2n) is 4.53. The number of nitrogens with two attached hydrogens (primary N) is 1. The lowest BCUT2D eigenvalue weighted by molar-refractivity contribution is -0.142. The molecule has 1 aromatic rings. The molecule has 0 spiro atoms. The van der Waals surface area contributed by atoms with Crippen LogP contribution in [-0.4, -0.2) is 46.9 Å². The van der Waals surface area contributed by atoms with Crippen molar-refractivity contribution in [1.82, 2.24) is 10.2 Å². The summed E-state index contributed by atoms with van der Waals surface area (Å²) in [4.78, 5) is 36.3. The zero-order chi connectivity index (χ0) is 14.7. The van der Waals surface area contributed by atoms with Crippen LogP contribution in [-0.2, 0) is 9.59 Å². The molecule has 0 aliphatic carbocycles. The molecule has 1 aromatic carbocycles. The first-order valence-electron chi connectivity index (χ1n) is 6.15. The molecule has 1 fully saturated rings. The van der Waals surface area contributed by atoms with Crippen molar-refractivity contribution >= 4 is 23.5 Å². The van der Waals surface area contributed by atoms with Gasteiger partial charge in [-0.05, 0) is 18.2 Å². The van der Waals surface area contributed by atoms with Gasteiger partial charge in [-0.2, -0.15) is 0 Å². The van der Waals surface area contributed by atoms with Crippen LogP contribution in [0.15, 0.2) is 24.3 Å². The number of carboxylic acids is 1. The number of nitrogens with one attached hydrogen (secondary N) is 1. The topological polar surface area (TPSA) is 113 Å². The minimum atomic E-state index is -1.13. The van der Waals surface area contributed by atoms with Crippen LogP contribution in [0.3, 0.4) is 0 Å². The van der Waals surface area contributed by atoms with Crippen molar-refractivity contribution in [2.24, 2.45) is 0 Å². The van der Waals surface area contributed by atoms with Crippen molar-refractivity contribution in [2.45, 2.75) is 12.5 Å². The molecule has 1 aliphatic heterocycles. The van der Waals surface area contributed by atoms with Gasteiger partial charge in [-0.15, -0.1) is 0 Å². The van der Waals surface area contributed by atoms with E-state index in [0.717, 1.165) is 0 Å². The molecular weight excluding hydrogens is 262 g/mol. The number of carbonyl (C=O) groups is 3. The fourth-order valence-corrected chi connectivity index (χ4v) is 2.16. The average molecular weight is 277 g/mol. The van der Waals surface area contributed by atoms with E-state index < -0.39 is 30.2 Å². The second-order valence-corrected chi connectivity index (χ2v) is 4.53. The molecule has 1 heterocycles. The molecule has 2 rings (SSSR count). The summed E-state index contributed by atoms with van der Waals surface area (Å²) in [5.74, 6) is -1.97. The Balaban J connectivity index is 2.25. The zero-order valence-electron chi connectivity index (χ0n) is 10.7. The summed E-state index contributed by atoms with van der Waals surface area (Å²) in [7, 11) is 0. The van der Waals surface area contributed by atoms with E-state index in [1.54, 1.807) is 18.2 Å². The first-order valence-corrected chi connectivity index (χ1v) is 6.15. The summed E-state index contributed by atoms with van der Waals surface area (Å²) >= 11 is 0. The number of benzene rings is 1. The fourth-order valence-electron chi connectivity index (χ4n) is 2.16. The first kappa shape index (κ1) is 13.9. The van der Waals surface area contributed by atoms with E-state index >= 15 is 0 Å². The smallest absolute Gasteiger partial charge is 0.305 e. The summed E-state index contributed by atoms with van der Waals surface area (Å²) in [5.41, 5.74) is 6.40. The molecule has 1 saturated heterocycles. The molecule has 0 radical (unpaired) electrons. The van der Waals surface area contributed by atoms with Crippen molar-refractivity contribution in [3.8, 4) is 0 Å². The predicted molar refractivity (Wildman–Crippen MR) is 70.9 cm³/mol. The van der Waals surface area contributed by atoms with Crippen LogP contribution in [0.4, 0.5) is 5.69 Å². The molecule has 4 N–H and O–H groups in total. The normalized spacial score (nSPS) is 18.5. The highest BCUT2D eigenvalue weighted by Crippen LogP contribution is 2.15. The van der Waals surface area contributed by atoms with Crippen molar-refractivity contribution in [2.75, 3.05) is 18.8 Å². The molecule has 1 atom stereocenters. The zero-order valence-corrected chi connectivity index (χ0v) is 10.7. The van der Waals surface area contributed by atoms with Crippen LogP contribution in [0.2, 0.25) is 0 Å². The van der Waals surface area contributed by atoms with Crippen LogP contribution < -0.4 is 11.1 Å². The molecule has 0 aromatic heterocycles. The third-order valence-corrected chi connectivity index (χ3v) is 3.09. The summed E-state index contributed by atoms with van der Waals surface area (Å²) in [5, 5.41) is 11.4. The molecule has 7 nitrogen and oxygen atoms in total. The van der Waals surface area contributed by atoms with Crippen LogP contribution in [0, 0.1) is 0 Å². The number of rotatable bonds is 3. The van der Waals surface area contributed by atoms with E-state index in [4.69, 9.17) is 10.8 Å². The number of amides is 2. The molecule has 20 heavy (non-hydrogen) atoms. The number of nitrogen functional groups attached to an aromatic ring is 1. The van der Waals surface area contributed by atoms with E-state index in [1.165, 1.54) is 11.0 Å². The van der Waals surface area contributed by atoms with Crippen molar-refractivity contribution in [3.05, 3.63) is 29.8 Å². The Morgan fingerprint density at radius 1 is 1.45 bits per heavy atom. The Bertz CT molecular complexity index is 558. The van der Waals surface area contributed by atoms with Crippen LogP contribution in [0.5, 0.6) is 0 Å². The molecule has 1 unspecified atom stereocenters. The number of carboxylic acid groups (broad SMARTS) is 1. The summed E-state index contributed by atoms with van der Waals surface area (Å²) in [6, 6.07) is 5.39. The largest absolute Gasteiger partial charge is 0.481 e. The highest BCUT2D eigenvalue weighted by atomic mass is 16.4. The number of aliphatic carboxylic acids is 1. The maximum atomic E-state index is 12.4. The molecular formula is C13H15N3O4. The SMILES string of the molecule is Nc1cccc(C(=O)N2CCNC(=O)C2CC(=O)O)c1. The Hall–Kier alpha value is -2.57. The van der Waals surface area contributed by atoms with E-state index in [0.29, 0.717) is 17.8 Å². The molecule has 0 saturated carbocycles. The summed E-state index contributed by atoms with van der Waals surface area (Å²) in [6.45, 7) is 0.584. The lowest BCUT2D eigenvalue weighted by atomic mass is 10.1. The number of hydrogen-bond acceptors (Lipinski definition) is 4. The fraction of sp³-hybridized carbons (Fsp3) is 0.308. The van der Waals surface area contributed by atoms with E-state index in [1.807, 2.05) is 0 Å². The predicted octanol–water partition coefficient (Wildman–Crippen LogP) is -0.316. The maximum Gasteiger partial charge on any atom is 0.305 e. The second kappa shape index (κ2) is 5.60. The highest BCUT2D eigenvalue weighted by molar-refractivity contribution is 5.99. The quantitative estimate of drug-likeness (QED) is 0.656. The van der Waals surface area contributed by atoms with Crippen molar-refractivity contribution in [1.29, 1.82) is 0 Å². The third kappa shape index (κ3) is 2.87. The summed E-state index contributed by atoms with van der Waals surface area (Å²) < 4.78 is 0. The number of carbonyl (C=O) groups excluding carboxylic acids is 2. The number of piperazine rings is 1. The lowest BCUT2D eigenvalue weighted by Crippen LogP contribution is -2.57. The van der Waals surface area contributed by atoms with Gasteiger partial charge in [0.05, 0.1) is 6.42 Å². The van der Waals surface area contributed by atoms with Gasteiger partial charge >= 0.3 is 5.97 Å². The van der Waals surface area contributed by atoms with Gasteiger partial charge in [-0.25, -0.2) is 0 Å². The van der Waals surface area contributed by atoms with Gasteiger partial charge in [0.15, 0.2) is 0 Å². The number of anilines is 1. The first-order chi connectivity index (χ1) is 9.49. The minimum absolute atomic E-state index is 0.275. The Labute approximate surface area is 115 Å². The van der Waals surface area contributed by atoms with E-state index in [9.17, 15) is 14.4 Å². The average Bonchev–Trinajstić information content (AvgIpc) is 2.40. The minimum Gasteiger partial charge on any atom is -0.481 e. The standard InChI is InChI=1S/C13H15N3O4/c14-9-3-1-2-8(6-9)13(20)16-5-4-15-12(19)10(16)7-11(17)18/h1-3,6,10H,4-5,7,14H2,(H,15,19)(H,17,18).